The average molecular weight is 770 g/mol. The maximum Gasteiger partial charge on any atom is 0.201 e. The van der Waals surface area contributed by atoms with Crippen LogP contribution < -0.4 is 20.9 Å². The van der Waals surface area contributed by atoms with Crippen LogP contribution in [0.1, 0.15) is 5.56 Å². The lowest BCUT2D eigenvalue weighted by Crippen LogP contribution is -2.75. The van der Waals surface area contributed by atoms with Crippen LogP contribution in [0.4, 0.5) is 0 Å². The Balaban J connectivity index is 1.26. The van der Waals surface area contributed by atoms with Crippen LogP contribution in [0.2, 0.25) is 0 Å². The van der Waals surface area contributed by atoms with Crippen molar-refractivity contribution in [1.29, 1.82) is 5.26 Å². The number of para-hydroxylation sites is 4. The van der Waals surface area contributed by atoms with E-state index in [1.165, 1.54) is 15.6 Å². The molecule has 6 heteroatoms. The molecule has 4 heterocycles. The number of rotatable bonds is 7. The Labute approximate surface area is 342 Å². The van der Waals surface area contributed by atoms with Gasteiger partial charge in [0.2, 0.25) is 8.07 Å². The Morgan fingerprint density at radius 1 is 0.390 bits per heavy atom. The fourth-order valence-electron chi connectivity index (χ4n) is 9.22. The zero-order chi connectivity index (χ0) is 39.3. The van der Waals surface area contributed by atoms with Crippen molar-refractivity contribution in [3.05, 3.63) is 218 Å². The van der Waals surface area contributed by atoms with Crippen molar-refractivity contribution >= 4 is 72.6 Å². The Hall–Kier alpha value is -7.85. The Morgan fingerprint density at radius 3 is 1.24 bits per heavy atom. The summed E-state index contributed by atoms with van der Waals surface area (Å²) in [5, 5.41) is 20.5. The number of benzene rings is 7. The molecule has 0 saturated heterocycles. The van der Waals surface area contributed by atoms with Crippen LogP contribution in [-0.4, -0.2) is 27.2 Å². The quantitative estimate of drug-likeness (QED) is 0.120. The highest BCUT2D eigenvalue weighted by Gasteiger charge is 2.43. The monoisotopic (exact) mass is 769 g/mol. The summed E-state index contributed by atoms with van der Waals surface area (Å²) < 4.78 is 4.39. The topological polar surface area (TPSA) is 59.4 Å². The van der Waals surface area contributed by atoms with E-state index in [1.54, 1.807) is 0 Å². The fourth-order valence-corrected chi connectivity index (χ4v) is 13.8. The SMILES string of the molecule is N#Cc1c(-n2c3ccccc3c3ccccc32)cc(-c2cccc([Si](c3ccccc3)(c3ccccc3)c3ccccc3)n2)nc1-n1c2ccccc2c2ccccc21. The highest BCUT2D eigenvalue weighted by atomic mass is 28.3. The molecule has 0 radical (unpaired) electrons. The van der Waals surface area contributed by atoms with Gasteiger partial charge in [0.05, 0.1) is 39.1 Å². The standard InChI is InChI=1S/C53H35N5Si/c54-36-44-51(57-47-30-14-10-25-40(47)41-26-11-15-31-48(41)57)35-46(56-53(44)58-49-32-16-12-27-42(49)43-28-13-17-33-50(43)58)45-29-18-34-52(55-45)59(37-19-4-1-5-20-37,38-21-6-2-7-22-38)39-23-8-3-9-24-39/h1-35H. The summed E-state index contributed by atoms with van der Waals surface area (Å²) in [7, 11) is -2.96. The van der Waals surface area contributed by atoms with Gasteiger partial charge in [0, 0.05) is 26.9 Å². The summed E-state index contributed by atoms with van der Waals surface area (Å²) in [5.74, 6) is 0.559. The third kappa shape index (κ3) is 5.30. The molecule has 0 fully saturated rings. The van der Waals surface area contributed by atoms with Crippen molar-refractivity contribution in [2.75, 3.05) is 0 Å². The summed E-state index contributed by atoms with van der Waals surface area (Å²) >= 11 is 0. The zero-order valence-electron chi connectivity index (χ0n) is 31.9. The highest BCUT2D eigenvalue weighted by Crippen LogP contribution is 2.38. The van der Waals surface area contributed by atoms with Gasteiger partial charge in [0.15, 0.2) is 5.82 Å². The number of hydrogen-bond acceptors (Lipinski definition) is 3. The maximum absolute atomic E-state index is 11.3. The molecule has 0 amide bonds. The average Bonchev–Trinajstić information content (AvgIpc) is 3.83. The van der Waals surface area contributed by atoms with Crippen LogP contribution in [0.15, 0.2) is 212 Å². The number of nitrogens with zero attached hydrogens (tertiary/aromatic N) is 5. The van der Waals surface area contributed by atoms with E-state index in [4.69, 9.17) is 9.97 Å². The van der Waals surface area contributed by atoms with Crippen LogP contribution in [-0.2, 0) is 0 Å². The lowest BCUT2D eigenvalue weighted by atomic mass is 10.1. The number of nitriles is 1. The molecule has 7 aromatic carbocycles. The van der Waals surface area contributed by atoms with E-state index in [1.807, 2.05) is 12.1 Å². The molecular weight excluding hydrogens is 735 g/mol. The number of hydrogen-bond donors (Lipinski definition) is 0. The second-order valence-electron chi connectivity index (χ2n) is 14.8. The summed E-state index contributed by atoms with van der Waals surface area (Å²) in [6.45, 7) is 0. The second kappa shape index (κ2) is 14.0. The molecule has 0 atom stereocenters. The highest BCUT2D eigenvalue weighted by molar-refractivity contribution is 7.19. The van der Waals surface area contributed by atoms with E-state index in [0.717, 1.165) is 60.3 Å². The van der Waals surface area contributed by atoms with Crippen molar-refractivity contribution in [1.82, 2.24) is 19.1 Å². The largest absolute Gasteiger partial charge is 0.308 e. The first-order chi connectivity index (χ1) is 29.3. The molecule has 11 rings (SSSR count). The minimum absolute atomic E-state index is 0.476. The van der Waals surface area contributed by atoms with Gasteiger partial charge in [0.25, 0.3) is 0 Å². The molecule has 276 valence electrons. The molecule has 0 aliphatic heterocycles. The van der Waals surface area contributed by atoms with Crippen LogP contribution in [0.25, 0.3) is 66.5 Å². The smallest absolute Gasteiger partial charge is 0.201 e. The lowest BCUT2D eigenvalue weighted by Gasteiger charge is -2.33. The lowest BCUT2D eigenvalue weighted by molar-refractivity contribution is 1.04. The van der Waals surface area contributed by atoms with Gasteiger partial charge in [-0.25, -0.2) is 4.98 Å². The molecule has 0 unspecified atom stereocenters. The van der Waals surface area contributed by atoms with Gasteiger partial charge in [-0.15, -0.1) is 0 Å². The van der Waals surface area contributed by atoms with Gasteiger partial charge >= 0.3 is 0 Å². The molecule has 0 N–H and O–H groups in total. The molecule has 59 heavy (non-hydrogen) atoms. The minimum Gasteiger partial charge on any atom is -0.308 e. The van der Waals surface area contributed by atoms with Crippen molar-refractivity contribution in [2.45, 2.75) is 0 Å². The van der Waals surface area contributed by atoms with Crippen LogP contribution in [0, 0.1) is 11.3 Å². The Bertz CT molecular complexity index is 3060. The van der Waals surface area contributed by atoms with Crippen LogP contribution in [0.3, 0.4) is 0 Å². The summed E-state index contributed by atoms with van der Waals surface area (Å²) in [6.07, 6.45) is 0. The van der Waals surface area contributed by atoms with Gasteiger partial charge in [-0.3, -0.25) is 9.55 Å². The third-order valence-electron chi connectivity index (χ3n) is 11.7. The van der Waals surface area contributed by atoms with Gasteiger partial charge in [-0.05, 0) is 58.0 Å². The van der Waals surface area contributed by atoms with E-state index in [9.17, 15) is 5.26 Å². The van der Waals surface area contributed by atoms with E-state index < -0.39 is 8.07 Å². The number of fused-ring (bicyclic) bond motifs is 6. The van der Waals surface area contributed by atoms with Crippen molar-refractivity contribution < 1.29 is 0 Å². The number of aromatic nitrogens is 4. The van der Waals surface area contributed by atoms with E-state index >= 15 is 0 Å². The van der Waals surface area contributed by atoms with Crippen molar-refractivity contribution in [3.63, 3.8) is 0 Å². The first-order valence-electron chi connectivity index (χ1n) is 19.8. The molecule has 0 aliphatic rings. The molecule has 0 aliphatic carbocycles. The predicted molar refractivity (Wildman–Crippen MR) is 244 cm³/mol. The molecule has 4 aromatic heterocycles. The normalized spacial score (nSPS) is 11.7. The molecule has 0 saturated carbocycles. The molecule has 0 bridgehead atoms. The summed E-state index contributed by atoms with van der Waals surface area (Å²) in [5.41, 5.74) is 6.62. The Kier molecular flexibility index (Phi) is 8.14. The molecule has 5 nitrogen and oxygen atoms in total. The number of pyridine rings is 2. The first kappa shape index (κ1) is 34.4. The third-order valence-corrected chi connectivity index (χ3v) is 16.4. The first-order valence-corrected chi connectivity index (χ1v) is 21.8. The zero-order valence-corrected chi connectivity index (χ0v) is 32.9. The van der Waals surface area contributed by atoms with E-state index in [0.29, 0.717) is 17.1 Å². The summed E-state index contributed by atoms with van der Waals surface area (Å²) in [4.78, 5) is 11.2. The van der Waals surface area contributed by atoms with E-state index in [-0.39, 0.29) is 0 Å². The molecule has 0 spiro atoms. The summed E-state index contributed by atoms with van der Waals surface area (Å²) in [6, 6.07) is 77.2. The van der Waals surface area contributed by atoms with Crippen LogP contribution in [0.5, 0.6) is 0 Å². The maximum atomic E-state index is 11.3. The van der Waals surface area contributed by atoms with Gasteiger partial charge in [0.1, 0.15) is 11.6 Å². The second-order valence-corrected chi connectivity index (χ2v) is 18.6. The van der Waals surface area contributed by atoms with Crippen LogP contribution >= 0.6 is 0 Å². The van der Waals surface area contributed by atoms with Gasteiger partial charge < -0.3 is 4.57 Å². The Morgan fingerprint density at radius 2 is 0.797 bits per heavy atom. The van der Waals surface area contributed by atoms with Gasteiger partial charge in [-0.1, -0.05) is 170 Å². The van der Waals surface area contributed by atoms with E-state index in [2.05, 4.69) is 215 Å². The fraction of sp³-hybridized carbons (Fsp3) is 0. The minimum atomic E-state index is -2.96. The molecule has 11 aromatic rings. The van der Waals surface area contributed by atoms with Crippen molar-refractivity contribution in [2.24, 2.45) is 0 Å². The van der Waals surface area contributed by atoms with Gasteiger partial charge in [-0.2, -0.15) is 5.26 Å². The predicted octanol–water partition coefficient (Wildman–Crippen LogP) is 9.59. The molecular formula is C53H35N5Si. The van der Waals surface area contributed by atoms with Crippen molar-refractivity contribution in [3.8, 4) is 29.0 Å².